The van der Waals surface area contributed by atoms with Crippen LogP contribution >= 0.6 is 11.8 Å². The fraction of sp³-hybridized carbons (Fsp3) is 0.667. The molecule has 0 aromatic carbocycles. The van der Waals surface area contributed by atoms with Gasteiger partial charge in [0.2, 0.25) is 0 Å². The fourth-order valence-electron chi connectivity index (χ4n) is 1.12. The largest absolute Gasteiger partial charge is 0.481 e. The highest BCUT2D eigenvalue weighted by atomic mass is 32.2. The van der Waals surface area contributed by atoms with Gasteiger partial charge in [0.25, 0.3) is 0 Å². The molecule has 1 aromatic heterocycles. The van der Waals surface area contributed by atoms with Crippen molar-refractivity contribution in [1.82, 2.24) is 14.8 Å². The Hall–Kier alpha value is -1.04. The van der Waals surface area contributed by atoms with Crippen LogP contribution in [-0.2, 0) is 18.3 Å². The lowest BCUT2D eigenvalue weighted by molar-refractivity contribution is -0.133. The summed E-state index contributed by atoms with van der Waals surface area (Å²) in [5, 5.41) is 13.4. The van der Waals surface area contributed by atoms with Crippen molar-refractivity contribution in [3.8, 4) is 0 Å². The van der Waals surface area contributed by atoms with Crippen molar-refractivity contribution >= 4 is 17.7 Å². The van der Waals surface area contributed by atoms with Gasteiger partial charge < -0.3 is 5.11 Å². The maximum atomic E-state index is 10.4. The molecule has 0 amide bonds. The number of carboxylic acids is 1. The van der Waals surface area contributed by atoms with E-state index in [1.165, 1.54) is 11.8 Å². The Kier molecular flexibility index (Phi) is 4.14. The molecule has 1 aromatic rings. The first-order valence-electron chi connectivity index (χ1n) is 4.73. The minimum atomic E-state index is -0.839. The van der Waals surface area contributed by atoms with Crippen molar-refractivity contribution in [2.75, 3.05) is 5.75 Å². The van der Waals surface area contributed by atoms with Crippen LogP contribution in [0.2, 0.25) is 0 Å². The number of hydrogen-bond acceptors (Lipinski definition) is 4. The van der Waals surface area contributed by atoms with Gasteiger partial charge in [0.15, 0.2) is 11.0 Å². The van der Waals surface area contributed by atoms with Crippen molar-refractivity contribution in [3.63, 3.8) is 0 Å². The average Bonchev–Trinajstić information content (AvgIpc) is 2.41. The molecule has 0 radical (unpaired) electrons. The number of thioether (sulfide) groups is 1. The Labute approximate surface area is 92.9 Å². The van der Waals surface area contributed by atoms with Crippen LogP contribution in [0.25, 0.3) is 0 Å². The molecule has 0 bridgehead atoms. The van der Waals surface area contributed by atoms with E-state index in [1.54, 1.807) is 11.7 Å². The van der Waals surface area contributed by atoms with E-state index in [9.17, 15) is 4.79 Å². The number of carbonyl (C=O) groups is 1. The van der Waals surface area contributed by atoms with Gasteiger partial charge in [-0.25, -0.2) is 9.67 Å². The van der Waals surface area contributed by atoms with Crippen LogP contribution in [0.15, 0.2) is 5.16 Å². The molecule has 0 fully saturated rings. The zero-order valence-electron chi connectivity index (χ0n) is 9.10. The minimum absolute atomic E-state index is 0.0215. The normalized spacial score (nSPS) is 10.9. The summed E-state index contributed by atoms with van der Waals surface area (Å²) < 4.78 is 1.63. The highest BCUT2D eigenvalue weighted by molar-refractivity contribution is 7.99. The van der Waals surface area contributed by atoms with E-state index in [2.05, 4.69) is 23.9 Å². The Morgan fingerprint density at radius 3 is 2.80 bits per heavy atom. The van der Waals surface area contributed by atoms with Gasteiger partial charge in [-0.1, -0.05) is 25.6 Å². The zero-order chi connectivity index (χ0) is 11.4. The Morgan fingerprint density at radius 1 is 1.60 bits per heavy atom. The monoisotopic (exact) mass is 229 g/mol. The highest BCUT2D eigenvalue weighted by Crippen LogP contribution is 2.15. The number of carboxylic acid groups (broad SMARTS) is 1. The minimum Gasteiger partial charge on any atom is -0.481 e. The number of aromatic nitrogens is 3. The lowest BCUT2D eigenvalue weighted by Gasteiger charge is -1.96. The predicted molar refractivity (Wildman–Crippen MR) is 57.9 cm³/mol. The molecule has 0 atom stereocenters. The van der Waals surface area contributed by atoms with Crippen molar-refractivity contribution in [2.24, 2.45) is 13.0 Å². The van der Waals surface area contributed by atoms with Gasteiger partial charge >= 0.3 is 5.97 Å². The molecule has 15 heavy (non-hydrogen) atoms. The molecule has 1 rings (SSSR count). The number of aliphatic carboxylic acids is 1. The molecule has 0 saturated carbocycles. The van der Waals surface area contributed by atoms with Crippen LogP contribution in [0.5, 0.6) is 0 Å². The second kappa shape index (κ2) is 5.16. The van der Waals surface area contributed by atoms with Crippen LogP contribution in [0, 0.1) is 5.92 Å². The lowest BCUT2D eigenvalue weighted by atomic mass is 10.1. The Bertz CT molecular complexity index is 349. The van der Waals surface area contributed by atoms with Crippen LogP contribution in [0.1, 0.15) is 19.7 Å². The molecule has 0 aliphatic heterocycles. The summed E-state index contributed by atoms with van der Waals surface area (Å²) in [6, 6.07) is 0. The van der Waals surface area contributed by atoms with Crippen molar-refractivity contribution in [3.05, 3.63) is 5.82 Å². The quantitative estimate of drug-likeness (QED) is 0.768. The molecule has 0 unspecified atom stereocenters. The van der Waals surface area contributed by atoms with Gasteiger partial charge in [0.1, 0.15) is 0 Å². The number of nitrogens with zero attached hydrogens (tertiary/aromatic N) is 3. The van der Waals surface area contributed by atoms with Gasteiger partial charge in [-0.05, 0) is 5.92 Å². The molecular formula is C9H15N3O2S. The maximum Gasteiger partial charge on any atom is 0.313 e. The van der Waals surface area contributed by atoms with Crippen LogP contribution in [0.4, 0.5) is 0 Å². The molecule has 0 aliphatic carbocycles. The van der Waals surface area contributed by atoms with E-state index in [0.29, 0.717) is 11.1 Å². The van der Waals surface area contributed by atoms with E-state index in [4.69, 9.17) is 5.11 Å². The summed E-state index contributed by atoms with van der Waals surface area (Å²) in [5.41, 5.74) is 0. The Morgan fingerprint density at radius 2 is 2.27 bits per heavy atom. The SMILES string of the molecule is CC(C)Cc1nc(SCC(=O)O)n(C)n1. The lowest BCUT2D eigenvalue weighted by Crippen LogP contribution is -2.00. The van der Waals surface area contributed by atoms with Crippen LogP contribution in [-0.4, -0.2) is 31.6 Å². The summed E-state index contributed by atoms with van der Waals surface area (Å²) in [6.07, 6.45) is 0.821. The molecule has 5 nitrogen and oxygen atoms in total. The number of aryl methyl sites for hydroxylation is 1. The fourth-order valence-corrected chi connectivity index (χ4v) is 1.77. The maximum absolute atomic E-state index is 10.4. The average molecular weight is 229 g/mol. The summed E-state index contributed by atoms with van der Waals surface area (Å²) in [7, 11) is 1.78. The first-order chi connectivity index (χ1) is 6.99. The number of rotatable bonds is 5. The topological polar surface area (TPSA) is 68.0 Å². The second-order valence-electron chi connectivity index (χ2n) is 3.71. The van der Waals surface area contributed by atoms with E-state index in [-0.39, 0.29) is 5.75 Å². The molecule has 6 heteroatoms. The molecule has 0 saturated heterocycles. The van der Waals surface area contributed by atoms with Crippen LogP contribution < -0.4 is 0 Å². The standard InChI is InChI=1S/C9H15N3O2S/c1-6(2)4-7-10-9(12(3)11-7)15-5-8(13)14/h6H,4-5H2,1-3H3,(H,13,14). The number of hydrogen-bond donors (Lipinski definition) is 1. The second-order valence-corrected chi connectivity index (χ2v) is 4.66. The third-order valence-corrected chi connectivity index (χ3v) is 2.69. The van der Waals surface area contributed by atoms with Gasteiger partial charge in [-0.15, -0.1) is 0 Å². The smallest absolute Gasteiger partial charge is 0.313 e. The molecular weight excluding hydrogens is 214 g/mol. The first-order valence-corrected chi connectivity index (χ1v) is 5.72. The van der Waals surface area contributed by atoms with Gasteiger partial charge in [-0.2, -0.15) is 5.10 Å². The highest BCUT2D eigenvalue weighted by Gasteiger charge is 2.10. The van der Waals surface area contributed by atoms with Crippen molar-refractivity contribution < 1.29 is 9.90 Å². The summed E-state index contributed by atoms with van der Waals surface area (Å²) in [4.78, 5) is 14.7. The van der Waals surface area contributed by atoms with E-state index < -0.39 is 5.97 Å². The summed E-state index contributed by atoms with van der Waals surface area (Å²) >= 11 is 1.19. The van der Waals surface area contributed by atoms with E-state index >= 15 is 0 Å². The molecule has 1 heterocycles. The van der Waals surface area contributed by atoms with Gasteiger partial charge in [-0.3, -0.25) is 4.79 Å². The van der Waals surface area contributed by atoms with E-state index in [0.717, 1.165) is 12.2 Å². The van der Waals surface area contributed by atoms with Gasteiger partial charge in [0, 0.05) is 13.5 Å². The van der Waals surface area contributed by atoms with Gasteiger partial charge in [0.05, 0.1) is 5.75 Å². The summed E-state index contributed by atoms with van der Waals surface area (Å²) in [5.74, 6) is 0.465. The Balaban J connectivity index is 2.64. The third-order valence-electron chi connectivity index (χ3n) is 1.68. The molecule has 1 N–H and O–H groups in total. The third kappa shape index (κ3) is 3.91. The van der Waals surface area contributed by atoms with Crippen LogP contribution in [0.3, 0.4) is 0 Å². The zero-order valence-corrected chi connectivity index (χ0v) is 9.91. The van der Waals surface area contributed by atoms with Crippen molar-refractivity contribution in [1.29, 1.82) is 0 Å². The molecule has 0 aliphatic rings. The molecule has 84 valence electrons. The van der Waals surface area contributed by atoms with Crippen molar-refractivity contribution in [2.45, 2.75) is 25.4 Å². The summed E-state index contributed by atoms with van der Waals surface area (Å²) in [6.45, 7) is 4.20. The first kappa shape index (κ1) is 12.0. The molecule has 0 spiro atoms. The van der Waals surface area contributed by atoms with E-state index in [1.807, 2.05) is 0 Å². The predicted octanol–water partition coefficient (Wildman–Crippen LogP) is 1.19.